The van der Waals surface area contributed by atoms with Crippen LogP contribution in [0.5, 0.6) is 0 Å². The molecular formula is C22H28N4O2. The number of rotatable bonds is 7. The Morgan fingerprint density at radius 1 is 1.21 bits per heavy atom. The van der Waals surface area contributed by atoms with E-state index in [1.165, 1.54) is 22.3 Å². The molecule has 0 unspecified atom stereocenters. The third kappa shape index (κ3) is 4.63. The minimum absolute atomic E-state index is 0.129. The molecule has 0 saturated carbocycles. The Hall–Kier alpha value is -3.02. The van der Waals surface area contributed by atoms with Crippen LogP contribution in [0.2, 0.25) is 0 Å². The maximum absolute atomic E-state index is 12.5. The van der Waals surface area contributed by atoms with Gasteiger partial charge in [-0.1, -0.05) is 17.7 Å². The molecule has 6 heteroatoms. The summed E-state index contributed by atoms with van der Waals surface area (Å²) in [6.07, 6.45) is 5.38. The van der Waals surface area contributed by atoms with Crippen molar-refractivity contribution >= 4 is 6.03 Å². The summed E-state index contributed by atoms with van der Waals surface area (Å²) in [4.78, 5) is 18.8. The van der Waals surface area contributed by atoms with Gasteiger partial charge in [0.2, 0.25) is 0 Å². The number of nitrogens with one attached hydrogen (secondary N) is 1. The molecule has 0 fully saturated rings. The molecule has 2 aromatic heterocycles. The smallest absolute Gasteiger partial charge is 0.318 e. The first-order chi connectivity index (χ1) is 13.5. The lowest BCUT2D eigenvalue weighted by atomic mass is 10.00. The molecule has 0 aliphatic rings. The first-order valence-electron chi connectivity index (χ1n) is 9.59. The van der Waals surface area contributed by atoms with Gasteiger partial charge >= 0.3 is 6.03 Å². The molecule has 28 heavy (non-hydrogen) atoms. The normalized spacial score (nSPS) is 10.9. The van der Waals surface area contributed by atoms with Gasteiger partial charge in [-0.2, -0.15) is 0 Å². The van der Waals surface area contributed by atoms with Crippen LogP contribution in [0.3, 0.4) is 0 Å². The molecule has 2 amide bonds. The average Bonchev–Trinajstić information content (AvgIpc) is 3.30. The molecule has 0 aliphatic heterocycles. The van der Waals surface area contributed by atoms with Gasteiger partial charge in [0.25, 0.3) is 0 Å². The number of benzene rings is 1. The van der Waals surface area contributed by atoms with Crippen molar-refractivity contribution in [1.82, 2.24) is 19.8 Å². The lowest BCUT2D eigenvalue weighted by Crippen LogP contribution is -2.39. The fourth-order valence-corrected chi connectivity index (χ4v) is 3.49. The van der Waals surface area contributed by atoms with Crippen molar-refractivity contribution in [1.29, 1.82) is 0 Å². The van der Waals surface area contributed by atoms with Crippen molar-refractivity contribution in [2.24, 2.45) is 0 Å². The topological polar surface area (TPSA) is 63.3 Å². The zero-order chi connectivity index (χ0) is 20.1. The Labute approximate surface area is 166 Å². The lowest BCUT2D eigenvalue weighted by Gasteiger charge is -2.22. The monoisotopic (exact) mass is 380 g/mol. The van der Waals surface area contributed by atoms with Crippen molar-refractivity contribution in [3.8, 4) is 0 Å². The first-order valence-corrected chi connectivity index (χ1v) is 9.59. The third-order valence-corrected chi connectivity index (χ3v) is 4.84. The number of aromatic nitrogens is 2. The van der Waals surface area contributed by atoms with E-state index in [2.05, 4.69) is 47.8 Å². The number of nitrogens with zero attached hydrogens (tertiary/aromatic N) is 3. The van der Waals surface area contributed by atoms with Crippen molar-refractivity contribution in [2.45, 2.75) is 47.3 Å². The summed E-state index contributed by atoms with van der Waals surface area (Å²) in [5.41, 5.74) is 5.10. The van der Waals surface area contributed by atoms with Crippen molar-refractivity contribution < 1.29 is 9.21 Å². The molecule has 0 atom stereocenters. The van der Waals surface area contributed by atoms with Gasteiger partial charge in [0.05, 0.1) is 19.4 Å². The van der Waals surface area contributed by atoms with E-state index in [0.717, 1.165) is 18.1 Å². The van der Waals surface area contributed by atoms with Gasteiger partial charge in [-0.15, -0.1) is 0 Å². The van der Waals surface area contributed by atoms with E-state index < -0.39 is 0 Å². The molecule has 1 aromatic carbocycles. The van der Waals surface area contributed by atoms with Gasteiger partial charge in [0.1, 0.15) is 11.6 Å². The number of carbonyl (C=O) groups is 1. The van der Waals surface area contributed by atoms with Crippen LogP contribution in [0.4, 0.5) is 4.79 Å². The molecule has 0 aliphatic carbocycles. The van der Waals surface area contributed by atoms with Gasteiger partial charge in [-0.25, -0.2) is 9.78 Å². The summed E-state index contributed by atoms with van der Waals surface area (Å²) < 4.78 is 7.54. The quantitative estimate of drug-likeness (QED) is 0.669. The maximum Gasteiger partial charge on any atom is 0.318 e. The highest BCUT2D eigenvalue weighted by atomic mass is 16.3. The maximum atomic E-state index is 12.5. The van der Waals surface area contributed by atoms with E-state index in [1.54, 1.807) is 17.4 Å². The predicted octanol–water partition coefficient (Wildman–Crippen LogP) is 4.18. The standard InChI is InChI=1S/C22H28N4O2/c1-5-23-22(27)26(13-19-7-6-10-28-19)15-21-24-8-9-25(21)14-20-17(3)11-16(2)12-18(20)4/h6-12H,5,13-15H2,1-4H3,(H,23,27). The molecule has 148 valence electrons. The summed E-state index contributed by atoms with van der Waals surface area (Å²) in [5.74, 6) is 1.59. The number of urea groups is 1. The summed E-state index contributed by atoms with van der Waals surface area (Å²) in [6.45, 7) is 10.4. The highest BCUT2D eigenvalue weighted by Crippen LogP contribution is 2.19. The largest absolute Gasteiger partial charge is 0.467 e. The van der Waals surface area contributed by atoms with E-state index in [9.17, 15) is 4.79 Å². The first kappa shape index (κ1) is 19.7. The Kier molecular flexibility index (Phi) is 6.19. The fraction of sp³-hybridized carbons (Fsp3) is 0.364. The van der Waals surface area contributed by atoms with Gasteiger partial charge in [-0.3, -0.25) is 0 Å². The van der Waals surface area contributed by atoms with Gasteiger partial charge in [0.15, 0.2) is 0 Å². The van der Waals surface area contributed by atoms with Crippen LogP contribution in [0.15, 0.2) is 47.3 Å². The molecule has 1 N–H and O–H groups in total. The highest BCUT2D eigenvalue weighted by molar-refractivity contribution is 5.73. The molecule has 0 bridgehead atoms. The van der Waals surface area contributed by atoms with Crippen molar-refractivity contribution in [3.05, 3.63) is 76.8 Å². The second-order valence-corrected chi connectivity index (χ2v) is 7.12. The number of aryl methyl sites for hydroxylation is 3. The van der Waals surface area contributed by atoms with E-state index in [0.29, 0.717) is 19.6 Å². The highest BCUT2D eigenvalue weighted by Gasteiger charge is 2.18. The Morgan fingerprint density at radius 2 is 1.96 bits per heavy atom. The summed E-state index contributed by atoms with van der Waals surface area (Å²) in [5, 5.41) is 2.87. The van der Waals surface area contributed by atoms with Crippen LogP contribution in [0, 0.1) is 20.8 Å². The zero-order valence-corrected chi connectivity index (χ0v) is 17.0. The third-order valence-electron chi connectivity index (χ3n) is 4.84. The molecule has 6 nitrogen and oxygen atoms in total. The van der Waals surface area contributed by atoms with Crippen LogP contribution < -0.4 is 5.32 Å². The Bertz CT molecular complexity index is 905. The van der Waals surface area contributed by atoms with Crippen LogP contribution >= 0.6 is 0 Å². The van der Waals surface area contributed by atoms with Gasteiger partial charge in [0, 0.05) is 25.5 Å². The van der Waals surface area contributed by atoms with Crippen molar-refractivity contribution in [2.75, 3.05) is 6.54 Å². The second kappa shape index (κ2) is 8.78. The van der Waals surface area contributed by atoms with E-state index in [1.807, 2.05) is 25.3 Å². The summed E-state index contributed by atoms with van der Waals surface area (Å²) in [6, 6.07) is 7.98. The molecule has 3 aromatic rings. The predicted molar refractivity (Wildman–Crippen MR) is 109 cm³/mol. The second-order valence-electron chi connectivity index (χ2n) is 7.12. The lowest BCUT2D eigenvalue weighted by molar-refractivity contribution is 0.185. The molecule has 0 spiro atoms. The molecule has 3 rings (SSSR count). The average molecular weight is 380 g/mol. The van der Waals surface area contributed by atoms with Crippen molar-refractivity contribution in [3.63, 3.8) is 0 Å². The molecular weight excluding hydrogens is 352 g/mol. The zero-order valence-electron chi connectivity index (χ0n) is 17.0. The van der Waals surface area contributed by atoms with Crippen LogP contribution in [-0.2, 0) is 19.6 Å². The Morgan fingerprint density at radius 3 is 2.61 bits per heavy atom. The number of hydrogen-bond acceptors (Lipinski definition) is 3. The van der Waals surface area contributed by atoms with E-state index in [4.69, 9.17) is 4.42 Å². The Balaban J connectivity index is 1.82. The SMILES string of the molecule is CCNC(=O)N(Cc1ccco1)Cc1nccn1Cc1c(C)cc(C)cc1C. The van der Waals surface area contributed by atoms with E-state index in [-0.39, 0.29) is 6.03 Å². The van der Waals surface area contributed by atoms with Crippen LogP contribution in [0.1, 0.15) is 40.8 Å². The van der Waals surface area contributed by atoms with Gasteiger partial charge in [-0.05, 0) is 56.5 Å². The molecule has 0 saturated heterocycles. The number of amides is 2. The summed E-state index contributed by atoms with van der Waals surface area (Å²) >= 11 is 0. The number of hydrogen-bond donors (Lipinski definition) is 1. The molecule has 0 radical (unpaired) electrons. The number of imidazole rings is 1. The minimum atomic E-state index is -0.129. The van der Waals surface area contributed by atoms with E-state index >= 15 is 0 Å². The summed E-state index contributed by atoms with van der Waals surface area (Å²) in [7, 11) is 0. The van der Waals surface area contributed by atoms with Crippen LogP contribution in [0.25, 0.3) is 0 Å². The number of furan rings is 1. The minimum Gasteiger partial charge on any atom is -0.467 e. The van der Waals surface area contributed by atoms with Crippen LogP contribution in [-0.4, -0.2) is 27.0 Å². The number of carbonyl (C=O) groups excluding carboxylic acids is 1. The molecule has 2 heterocycles. The fourth-order valence-electron chi connectivity index (χ4n) is 3.49. The van der Waals surface area contributed by atoms with Gasteiger partial charge < -0.3 is 19.2 Å².